The van der Waals surface area contributed by atoms with Gasteiger partial charge in [0.05, 0.1) is 11.0 Å². The third-order valence-corrected chi connectivity index (χ3v) is 12.3. The number of hydrogen-bond donors (Lipinski definition) is 0. The first-order chi connectivity index (χ1) is 31.2. The van der Waals surface area contributed by atoms with Gasteiger partial charge < -0.3 is 13.4 Å². The third kappa shape index (κ3) is 5.62. The van der Waals surface area contributed by atoms with Gasteiger partial charge in [0.25, 0.3) is 0 Å². The lowest BCUT2D eigenvalue weighted by atomic mass is 9.92. The minimum atomic E-state index is 0.553. The minimum Gasteiger partial charge on any atom is -0.455 e. The molecule has 0 N–H and O–H groups in total. The monoisotopic (exact) mass is 806 g/mol. The molecule has 6 nitrogen and oxygen atoms in total. The molecule has 0 fully saturated rings. The van der Waals surface area contributed by atoms with Gasteiger partial charge in [0, 0.05) is 65.8 Å². The Morgan fingerprint density at radius 2 is 0.810 bits per heavy atom. The van der Waals surface area contributed by atoms with Gasteiger partial charge in [-0.3, -0.25) is 0 Å². The molecule has 294 valence electrons. The van der Waals surface area contributed by atoms with Crippen LogP contribution in [0, 0.1) is 0 Å². The summed E-state index contributed by atoms with van der Waals surface area (Å²) < 4.78 is 15.9. The van der Waals surface area contributed by atoms with Crippen molar-refractivity contribution in [1.82, 2.24) is 19.5 Å². The largest absolute Gasteiger partial charge is 0.455 e. The molecule has 13 aromatic rings. The van der Waals surface area contributed by atoms with Crippen molar-refractivity contribution in [2.24, 2.45) is 0 Å². The van der Waals surface area contributed by atoms with E-state index in [1.807, 2.05) is 84.9 Å². The number of nitrogens with zero attached hydrogens (tertiary/aromatic N) is 4. The zero-order valence-corrected chi connectivity index (χ0v) is 33.7. The van der Waals surface area contributed by atoms with E-state index in [1.54, 1.807) is 0 Å². The molecule has 0 unspecified atom stereocenters. The maximum atomic E-state index is 6.94. The van der Waals surface area contributed by atoms with Crippen molar-refractivity contribution in [3.8, 4) is 62.1 Å². The number of fused-ring (bicyclic) bond motifs is 9. The quantitative estimate of drug-likeness (QED) is 0.167. The molecule has 0 amide bonds. The molecular weight excluding hydrogens is 773 g/mol. The highest BCUT2D eigenvalue weighted by atomic mass is 16.3. The summed E-state index contributed by atoms with van der Waals surface area (Å²) in [7, 11) is 0. The predicted octanol–water partition coefficient (Wildman–Crippen LogP) is 15.1. The van der Waals surface area contributed by atoms with Crippen molar-refractivity contribution < 1.29 is 8.83 Å². The molecular formula is C57H34N4O2. The standard InChI is InChI=1S/C57H34N4O2/c1-3-16-35(17-4-1)55-58-56(36-18-5-2-6-19-36)60-57(59-55)45-31-30-37(39-24-15-25-44-42-22-9-13-28-51(42)62-53(39)44)32-46(45)48-34-38(33-47-43-23-10-14-29-52(43)63-54(47)48)61-49-26-11-7-20-40(49)41-21-8-12-27-50(41)61/h1-34H. The molecule has 0 bridgehead atoms. The Labute approximate surface area is 361 Å². The summed E-state index contributed by atoms with van der Waals surface area (Å²) in [6.07, 6.45) is 0. The van der Waals surface area contributed by atoms with Crippen molar-refractivity contribution in [3.05, 3.63) is 206 Å². The molecule has 63 heavy (non-hydrogen) atoms. The van der Waals surface area contributed by atoms with Crippen molar-refractivity contribution in [2.75, 3.05) is 0 Å². The van der Waals surface area contributed by atoms with Crippen LogP contribution in [0.25, 0.3) is 128 Å². The Morgan fingerprint density at radius 1 is 0.302 bits per heavy atom. The van der Waals surface area contributed by atoms with Crippen molar-refractivity contribution in [1.29, 1.82) is 0 Å². The number of para-hydroxylation sites is 5. The van der Waals surface area contributed by atoms with Gasteiger partial charge in [0.15, 0.2) is 17.5 Å². The zero-order valence-electron chi connectivity index (χ0n) is 33.7. The second kappa shape index (κ2) is 14.0. The summed E-state index contributed by atoms with van der Waals surface area (Å²) >= 11 is 0. The van der Waals surface area contributed by atoms with E-state index in [0.717, 1.165) is 99.5 Å². The smallest absolute Gasteiger partial charge is 0.164 e. The molecule has 0 saturated heterocycles. The van der Waals surface area contributed by atoms with E-state index in [-0.39, 0.29) is 0 Å². The fourth-order valence-corrected chi connectivity index (χ4v) is 9.37. The van der Waals surface area contributed by atoms with Crippen LogP contribution in [-0.2, 0) is 0 Å². The van der Waals surface area contributed by atoms with Crippen molar-refractivity contribution >= 4 is 65.7 Å². The first-order valence-electron chi connectivity index (χ1n) is 21.1. The number of furan rings is 2. The van der Waals surface area contributed by atoms with Crippen LogP contribution in [0.5, 0.6) is 0 Å². The van der Waals surface area contributed by atoms with Crippen LogP contribution in [-0.4, -0.2) is 19.5 Å². The van der Waals surface area contributed by atoms with Crippen LogP contribution in [0.3, 0.4) is 0 Å². The molecule has 0 aliphatic carbocycles. The lowest BCUT2D eigenvalue weighted by Crippen LogP contribution is -2.01. The maximum absolute atomic E-state index is 6.94. The van der Waals surface area contributed by atoms with Crippen LogP contribution in [0.2, 0.25) is 0 Å². The van der Waals surface area contributed by atoms with Crippen LogP contribution in [0.15, 0.2) is 215 Å². The second-order valence-electron chi connectivity index (χ2n) is 15.9. The minimum absolute atomic E-state index is 0.553. The molecule has 0 atom stereocenters. The molecule has 0 aliphatic heterocycles. The molecule has 6 heteroatoms. The SMILES string of the molecule is c1ccc(-c2nc(-c3ccccc3)nc(-c3ccc(-c4cccc5c4oc4ccccc45)cc3-c3cc(-n4c5ccccc5c5ccccc54)cc4c3oc3ccccc34)n2)cc1. The number of aromatic nitrogens is 4. The van der Waals surface area contributed by atoms with Gasteiger partial charge in [0.1, 0.15) is 22.3 Å². The summed E-state index contributed by atoms with van der Waals surface area (Å²) in [5.41, 5.74) is 13.0. The fourth-order valence-electron chi connectivity index (χ4n) is 9.37. The molecule has 4 aromatic heterocycles. The Hall–Kier alpha value is -8.61. The number of hydrogen-bond acceptors (Lipinski definition) is 5. The molecule has 0 saturated carbocycles. The highest BCUT2D eigenvalue weighted by molar-refractivity contribution is 6.14. The van der Waals surface area contributed by atoms with Crippen LogP contribution >= 0.6 is 0 Å². The van der Waals surface area contributed by atoms with Gasteiger partial charge in [0.2, 0.25) is 0 Å². The summed E-state index contributed by atoms with van der Waals surface area (Å²) in [6, 6.07) is 71.5. The molecule has 0 aliphatic rings. The van der Waals surface area contributed by atoms with Gasteiger partial charge in [-0.15, -0.1) is 0 Å². The van der Waals surface area contributed by atoms with Gasteiger partial charge in [-0.05, 0) is 59.7 Å². The van der Waals surface area contributed by atoms with E-state index in [1.165, 1.54) is 10.8 Å². The van der Waals surface area contributed by atoms with Gasteiger partial charge in [-0.1, -0.05) is 158 Å². The van der Waals surface area contributed by atoms with Crippen LogP contribution in [0.1, 0.15) is 0 Å². The summed E-state index contributed by atoms with van der Waals surface area (Å²) in [4.78, 5) is 15.6. The Bertz CT molecular complexity index is 3810. The van der Waals surface area contributed by atoms with Gasteiger partial charge >= 0.3 is 0 Å². The first kappa shape index (κ1) is 35.2. The normalized spacial score (nSPS) is 11.8. The Morgan fingerprint density at radius 3 is 1.44 bits per heavy atom. The van der Waals surface area contributed by atoms with E-state index in [0.29, 0.717) is 17.5 Å². The molecule has 0 spiro atoms. The van der Waals surface area contributed by atoms with Crippen LogP contribution in [0.4, 0.5) is 0 Å². The van der Waals surface area contributed by atoms with Gasteiger partial charge in [-0.2, -0.15) is 0 Å². The number of rotatable bonds is 6. The van der Waals surface area contributed by atoms with Gasteiger partial charge in [-0.25, -0.2) is 15.0 Å². The summed E-state index contributed by atoms with van der Waals surface area (Å²) in [6.45, 7) is 0. The lowest BCUT2D eigenvalue weighted by Gasteiger charge is -2.16. The van der Waals surface area contributed by atoms with Crippen molar-refractivity contribution in [3.63, 3.8) is 0 Å². The third-order valence-electron chi connectivity index (χ3n) is 12.3. The van der Waals surface area contributed by atoms with E-state index in [9.17, 15) is 0 Å². The van der Waals surface area contributed by atoms with E-state index in [4.69, 9.17) is 23.8 Å². The van der Waals surface area contributed by atoms with Crippen LogP contribution < -0.4 is 0 Å². The first-order valence-corrected chi connectivity index (χ1v) is 21.1. The Kier molecular flexibility index (Phi) is 7.80. The highest BCUT2D eigenvalue weighted by Crippen LogP contribution is 2.45. The number of benzene rings is 9. The van der Waals surface area contributed by atoms with E-state index < -0.39 is 0 Å². The molecule has 0 radical (unpaired) electrons. The molecule has 13 rings (SSSR count). The maximum Gasteiger partial charge on any atom is 0.164 e. The zero-order chi connectivity index (χ0) is 41.4. The fraction of sp³-hybridized carbons (Fsp3) is 0. The lowest BCUT2D eigenvalue weighted by molar-refractivity contribution is 0.670. The topological polar surface area (TPSA) is 69.9 Å². The van der Waals surface area contributed by atoms with E-state index in [2.05, 4.69) is 126 Å². The van der Waals surface area contributed by atoms with E-state index >= 15 is 0 Å². The summed E-state index contributed by atoms with van der Waals surface area (Å²) in [5.74, 6) is 1.74. The Balaban J connectivity index is 1.15. The average molecular weight is 807 g/mol. The predicted molar refractivity (Wildman–Crippen MR) is 256 cm³/mol. The highest BCUT2D eigenvalue weighted by Gasteiger charge is 2.24. The summed E-state index contributed by atoms with van der Waals surface area (Å²) in [5, 5.41) is 6.60. The molecule has 4 heterocycles. The van der Waals surface area contributed by atoms with Crippen molar-refractivity contribution in [2.45, 2.75) is 0 Å². The molecule has 9 aromatic carbocycles. The average Bonchev–Trinajstić information content (AvgIpc) is 4.04. The second-order valence-corrected chi connectivity index (χ2v) is 15.9.